The topological polar surface area (TPSA) is 114 Å². The lowest BCUT2D eigenvalue weighted by molar-refractivity contribution is -0.385. The number of aromatic hydroxyl groups is 1. The van der Waals surface area contributed by atoms with Crippen molar-refractivity contribution in [3.63, 3.8) is 0 Å². The van der Waals surface area contributed by atoms with Crippen LogP contribution in [0, 0.1) is 24.0 Å². The van der Waals surface area contributed by atoms with E-state index in [2.05, 4.69) is 10.5 Å². The highest BCUT2D eigenvalue weighted by Crippen LogP contribution is 2.22. The average molecular weight is 343 g/mol. The molecule has 2 N–H and O–H groups in total. The SMILES string of the molecule is Cc1cccc(C)c1OCC(=O)N/N=C/c1cc(O)ccc1[N+](=O)[O-]. The summed E-state index contributed by atoms with van der Waals surface area (Å²) < 4.78 is 5.48. The van der Waals surface area contributed by atoms with Crippen molar-refractivity contribution in [2.24, 2.45) is 5.10 Å². The van der Waals surface area contributed by atoms with Crippen LogP contribution in [0.3, 0.4) is 0 Å². The molecule has 0 fully saturated rings. The van der Waals surface area contributed by atoms with Crippen LogP contribution in [0.1, 0.15) is 16.7 Å². The number of nitrogens with zero attached hydrogens (tertiary/aromatic N) is 2. The Balaban J connectivity index is 1.97. The predicted molar refractivity (Wildman–Crippen MR) is 91.9 cm³/mol. The molecule has 8 nitrogen and oxygen atoms in total. The van der Waals surface area contributed by atoms with Gasteiger partial charge in [0.05, 0.1) is 16.7 Å². The van der Waals surface area contributed by atoms with E-state index in [-0.39, 0.29) is 23.6 Å². The van der Waals surface area contributed by atoms with Crippen molar-refractivity contribution in [1.29, 1.82) is 0 Å². The van der Waals surface area contributed by atoms with Gasteiger partial charge in [0.1, 0.15) is 11.5 Å². The number of hydrazone groups is 1. The van der Waals surface area contributed by atoms with Gasteiger partial charge in [0.2, 0.25) is 0 Å². The first-order chi connectivity index (χ1) is 11.9. The van der Waals surface area contributed by atoms with Crippen LogP contribution in [0.2, 0.25) is 0 Å². The van der Waals surface area contributed by atoms with Crippen molar-refractivity contribution in [2.75, 3.05) is 6.61 Å². The number of nitro benzene ring substituents is 1. The first-order valence-corrected chi connectivity index (χ1v) is 7.37. The molecular formula is C17H17N3O5. The zero-order valence-electron chi connectivity index (χ0n) is 13.7. The van der Waals surface area contributed by atoms with Crippen LogP contribution in [0.25, 0.3) is 0 Å². The first kappa shape index (κ1) is 17.9. The van der Waals surface area contributed by atoms with Crippen LogP contribution in [0.4, 0.5) is 5.69 Å². The Bertz CT molecular complexity index is 813. The van der Waals surface area contributed by atoms with E-state index in [4.69, 9.17) is 4.74 Å². The van der Waals surface area contributed by atoms with Crippen LogP contribution in [0.15, 0.2) is 41.5 Å². The van der Waals surface area contributed by atoms with E-state index in [0.717, 1.165) is 23.4 Å². The van der Waals surface area contributed by atoms with Gasteiger partial charge in [-0.3, -0.25) is 14.9 Å². The van der Waals surface area contributed by atoms with Crippen LogP contribution in [-0.4, -0.2) is 28.8 Å². The summed E-state index contributed by atoms with van der Waals surface area (Å²) >= 11 is 0. The second-order valence-electron chi connectivity index (χ2n) is 5.30. The van der Waals surface area contributed by atoms with Gasteiger partial charge in [0.15, 0.2) is 6.61 Å². The highest BCUT2D eigenvalue weighted by molar-refractivity contribution is 5.87. The smallest absolute Gasteiger partial charge is 0.278 e. The van der Waals surface area contributed by atoms with Gasteiger partial charge in [-0.1, -0.05) is 18.2 Å². The molecule has 0 aliphatic carbocycles. The number of nitro groups is 1. The maximum absolute atomic E-state index is 11.8. The monoisotopic (exact) mass is 343 g/mol. The Labute approximate surface area is 143 Å². The number of rotatable bonds is 6. The molecule has 0 bridgehead atoms. The molecule has 1 amide bonds. The quantitative estimate of drug-likeness (QED) is 0.475. The van der Waals surface area contributed by atoms with E-state index < -0.39 is 10.8 Å². The number of phenolic OH excluding ortho intramolecular Hbond substituents is 1. The molecule has 0 aromatic heterocycles. The van der Waals surface area contributed by atoms with Gasteiger partial charge in [-0.05, 0) is 37.1 Å². The second-order valence-corrected chi connectivity index (χ2v) is 5.30. The molecule has 0 unspecified atom stereocenters. The highest BCUT2D eigenvalue weighted by atomic mass is 16.6. The van der Waals surface area contributed by atoms with E-state index in [1.807, 2.05) is 32.0 Å². The highest BCUT2D eigenvalue weighted by Gasteiger charge is 2.12. The molecule has 130 valence electrons. The molecule has 0 atom stereocenters. The number of nitrogens with one attached hydrogen (secondary N) is 1. The standard InChI is InChI=1S/C17H17N3O5/c1-11-4-3-5-12(2)17(11)25-10-16(22)19-18-9-13-8-14(21)6-7-15(13)20(23)24/h3-9,21H,10H2,1-2H3,(H,19,22)/b18-9+. The number of hydrogen-bond acceptors (Lipinski definition) is 6. The van der Waals surface area contributed by atoms with Gasteiger partial charge in [-0.2, -0.15) is 5.10 Å². The third kappa shape index (κ3) is 4.77. The number of amides is 1. The minimum absolute atomic E-state index is 0.0703. The van der Waals surface area contributed by atoms with Crippen LogP contribution >= 0.6 is 0 Å². The van der Waals surface area contributed by atoms with Crippen molar-refractivity contribution in [3.8, 4) is 11.5 Å². The van der Waals surface area contributed by atoms with Gasteiger partial charge in [0.25, 0.3) is 11.6 Å². The van der Waals surface area contributed by atoms with Gasteiger partial charge in [-0.25, -0.2) is 5.43 Å². The Kier molecular flexibility index (Phi) is 5.67. The van der Waals surface area contributed by atoms with Gasteiger partial charge >= 0.3 is 0 Å². The van der Waals surface area contributed by atoms with Gasteiger partial charge in [-0.15, -0.1) is 0 Å². The molecule has 0 aliphatic heterocycles. The van der Waals surface area contributed by atoms with Crippen LogP contribution in [0.5, 0.6) is 11.5 Å². The van der Waals surface area contributed by atoms with Crippen molar-refractivity contribution < 1.29 is 19.6 Å². The summed E-state index contributed by atoms with van der Waals surface area (Å²) in [6, 6.07) is 9.18. The minimum atomic E-state index is -0.604. The fraction of sp³-hybridized carbons (Fsp3) is 0.176. The fourth-order valence-corrected chi connectivity index (χ4v) is 2.18. The molecule has 2 aromatic rings. The normalized spacial score (nSPS) is 10.6. The zero-order chi connectivity index (χ0) is 18.4. The third-order valence-electron chi connectivity index (χ3n) is 3.36. The van der Waals surface area contributed by atoms with E-state index >= 15 is 0 Å². The average Bonchev–Trinajstić information content (AvgIpc) is 2.54. The Morgan fingerprint density at radius 3 is 2.64 bits per heavy atom. The third-order valence-corrected chi connectivity index (χ3v) is 3.36. The lowest BCUT2D eigenvalue weighted by Gasteiger charge is -2.10. The summed E-state index contributed by atoms with van der Waals surface area (Å²) in [7, 11) is 0. The molecule has 0 radical (unpaired) electrons. The molecule has 0 spiro atoms. The predicted octanol–water partition coefficient (Wildman–Crippen LogP) is 2.45. The summed E-state index contributed by atoms with van der Waals surface area (Å²) in [5.74, 6) is -0.0244. The molecule has 0 aliphatic rings. The van der Waals surface area contributed by atoms with Crippen molar-refractivity contribution in [1.82, 2.24) is 5.43 Å². The van der Waals surface area contributed by atoms with Crippen LogP contribution < -0.4 is 10.2 Å². The number of carbonyl (C=O) groups excluding carboxylic acids is 1. The zero-order valence-corrected chi connectivity index (χ0v) is 13.7. The van der Waals surface area contributed by atoms with Crippen molar-refractivity contribution in [2.45, 2.75) is 13.8 Å². The Hall–Kier alpha value is -3.42. The largest absolute Gasteiger partial charge is 0.508 e. The molecule has 0 heterocycles. The second kappa shape index (κ2) is 7.91. The molecule has 2 aromatic carbocycles. The molecule has 25 heavy (non-hydrogen) atoms. The molecular weight excluding hydrogens is 326 g/mol. The summed E-state index contributed by atoms with van der Waals surface area (Å²) in [6.45, 7) is 3.50. The Morgan fingerprint density at radius 2 is 2.00 bits per heavy atom. The number of benzene rings is 2. The van der Waals surface area contributed by atoms with Crippen molar-refractivity contribution in [3.05, 3.63) is 63.2 Å². The maximum atomic E-state index is 11.8. The number of hydrogen-bond donors (Lipinski definition) is 2. The van der Waals surface area contributed by atoms with Gasteiger partial charge in [0, 0.05) is 6.07 Å². The number of aryl methyl sites for hydroxylation is 2. The summed E-state index contributed by atoms with van der Waals surface area (Å²) in [5, 5.41) is 24.0. The molecule has 2 rings (SSSR count). The summed E-state index contributed by atoms with van der Waals surface area (Å²) in [6.07, 6.45) is 1.09. The fourth-order valence-electron chi connectivity index (χ4n) is 2.18. The van der Waals surface area contributed by atoms with E-state index in [0.29, 0.717) is 5.75 Å². The van der Waals surface area contributed by atoms with Crippen molar-refractivity contribution >= 4 is 17.8 Å². The van der Waals surface area contributed by atoms with E-state index in [9.17, 15) is 20.0 Å². The number of carbonyl (C=O) groups is 1. The number of phenols is 1. The lowest BCUT2D eigenvalue weighted by atomic mass is 10.1. The molecule has 0 saturated carbocycles. The number of ether oxygens (including phenoxy) is 1. The van der Waals surface area contributed by atoms with Gasteiger partial charge < -0.3 is 9.84 Å². The lowest BCUT2D eigenvalue weighted by Crippen LogP contribution is -2.25. The minimum Gasteiger partial charge on any atom is -0.508 e. The maximum Gasteiger partial charge on any atom is 0.278 e. The van der Waals surface area contributed by atoms with E-state index in [1.165, 1.54) is 12.1 Å². The Morgan fingerprint density at radius 1 is 1.32 bits per heavy atom. The summed E-state index contributed by atoms with van der Waals surface area (Å²) in [5.41, 5.74) is 3.88. The van der Waals surface area contributed by atoms with Crippen LogP contribution in [-0.2, 0) is 4.79 Å². The summed E-state index contributed by atoms with van der Waals surface area (Å²) in [4.78, 5) is 22.1. The van der Waals surface area contributed by atoms with E-state index in [1.54, 1.807) is 0 Å². The number of para-hydroxylation sites is 1. The first-order valence-electron chi connectivity index (χ1n) is 7.37. The molecule has 8 heteroatoms. The molecule has 0 saturated heterocycles.